The number of carbonyl (C=O) groups is 2. The first-order valence-electron chi connectivity index (χ1n) is 3.90. The van der Waals surface area contributed by atoms with Crippen LogP contribution in [0.25, 0.3) is 0 Å². The molecule has 0 spiro atoms. The molecule has 0 aromatic rings. The molecule has 72 valence electrons. The molecule has 6 heteroatoms. The van der Waals surface area contributed by atoms with Crippen molar-refractivity contribution in [3.8, 4) is 0 Å². The van der Waals surface area contributed by atoms with E-state index in [-0.39, 0.29) is 24.9 Å². The average molecular weight is 184 g/mol. The number of aliphatic imine (C=N–C) groups is 1. The lowest BCUT2D eigenvalue weighted by molar-refractivity contribution is -0.118. The first-order valence-corrected chi connectivity index (χ1v) is 3.90. The fourth-order valence-electron chi connectivity index (χ4n) is 0.972. The molecule has 1 aliphatic heterocycles. The zero-order valence-electron chi connectivity index (χ0n) is 7.63. The van der Waals surface area contributed by atoms with E-state index in [2.05, 4.69) is 15.6 Å². The zero-order valence-corrected chi connectivity index (χ0v) is 7.63. The maximum atomic E-state index is 11.0. The van der Waals surface area contributed by atoms with Crippen LogP contribution in [0, 0.1) is 0 Å². The number of nitrogens with zero attached hydrogens (tertiary/aromatic N) is 2. The van der Waals surface area contributed by atoms with E-state index in [4.69, 9.17) is 0 Å². The Morgan fingerprint density at radius 3 is 2.92 bits per heavy atom. The highest BCUT2D eigenvalue weighted by molar-refractivity contribution is 6.07. The summed E-state index contributed by atoms with van der Waals surface area (Å²) in [7, 11) is 3.36. The standard InChI is InChI=1S/C7H12N4O2/c1-8-3-5(12)9-7-10-6(13)4-11(7)2/h8H,3-4H2,1-2H3,(H,9,10,12,13). The first kappa shape index (κ1) is 9.66. The molecule has 6 nitrogen and oxygen atoms in total. The fraction of sp³-hybridized carbons (Fsp3) is 0.571. The predicted octanol–water partition coefficient (Wildman–Crippen LogP) is -1.85. The van der Waals surface area contributed by atoms with Crippen LogP contribution >= 0.6 is 0 Å². The SMILES string of the molecule is CNCC(=O)N=C1NC(=O)CN1C. The van der Waals surface area contributed by atoms with Crippen LogP contribution in [0.15, 0.2) is 4.99 Å². The third-order valence-corrected chi connectivity index (χ3v) is 1.55. The molecule has 0 bridgehead atoms. The summed E-state index contributed by atoms with van der Waals surface area (Å²) < 4.78 is 0. The minimum Gasteiger partial charge on any atom is -0.336 e. The number of rotatable bonds is 2. The maximum Gasteiger partial charge on any atom is 0.262 e. The van der Waals surface area contributed by atoms with E-state index >= 15 is 0 Å². The van der Waals surface area contributed by atoms with Gasteiger partial charge in [-0.1, -0.05) is 0 Å². The van der Waals surface area contributed by atoms with Crippen molar-refractivity contribution >= 4 is 17.8 Å². The van der Waals surface area contributed by atoms with Crippen LogP contribution in [0.5, 0.6) is 0 Å². The summed E-state index contributed by atoms with van der Waals surface area (Å²) in [5.74, 6) is -0.115. The quantitative estimate of drug-likeness (QED) is 0.528. The van der Waals surface area contributed by atoms with Gasteiger partial charge in [-0.05, 0) is 7.05 Å². The number of amides is 2. The molecule has 2 N–H and O–H groups in total. The minimum absolute atomic E-state index is 0.140. The lowest BCUT2D eigenvalue weighted by Crippen LogP contribution is -2.30. The number of likely N-dealkylation sites (N-methyl/N-ethyl adjacent to an activating group) is 2. The van der Waals surface area contributed by atoms with Gasteiger partial charge in [-0.25, -0.2) is 0 Å². The van der Waals surface area contributed by atoms with Crippen LogP contribution in [0.2, 0.25) is 0 Å². The fourth-order valence-corrected chi connectivity index (χ4v) is 0.972. The molecule has 1 heterocycles. The van der Waals surface area contributed by atoms with Crippen molar-refractivity contribution in [3.63, 3.8) is 0 Å². The monoisotopic (exact) mass is 184 g/mol. The van der Waals surface area contributed by atoms with Gasteiger partial charge >= 0.3 is 0 Å². The van der Waals surface area contributed by atoms with Crippen molar-refractivity contribution < 1.29 is 9.59 Å². The summed E-state index contributed by atoms with van der Waals surface area (Å²) in [6.07, 6.45) is 0. The normalized spacial score (nSPS) is 19.4. The third kappa shape index (κ3) is 2.51. The number of hydrogen-bond acceptors (Lipinski definition) is 3. The molecule has 1 saturated heterocycles. The van der Waals surface area contributed by atoms with Crippen molar-refractivity contribution in [2.45, 2.75) is 0 Å². The van der Waals surface area contributed by atoms with Crippen LogP contribution in [0.4, 0.5) is 0 Å². The Labute approximate surface area is 76.0 Å². The Morgan fingerprint density at radius 1 is 1.77 bits per heavy atom. The lowest BCUT2D eigenvalue weighted by atomic mass is 10.6. The van der Waals surface area contributed by atoms with Crippen LogP contribution < -0.4 is 10.6 Å². The van der Waals surface area contributed by atoms with E-state index in [0.717, 1.165) is 0 Å². The summed E-state index contributed by atoms with van der Waals surface area (Å²) in [4.78, 5) is 27.2. The Morgan fingerprint density at radius 2 is 2.46 bits per heavy atom. The van der Waals surface area contributed by atoms with Gasteiger partial charge in [0.05, 0.1) is 13.1 Å². The van der Waals surface area contributed by atoms with Gasteiger partial charge in [0.1, 0.15) is 0 Å². The van der Waals surface area contributed by atoms with Gasteiger partial charge < -0.3 is 10.2 Å². The molecule has 2 amide bonds. The second-order valence-electron chi connectivity index (χ2n) is 2.76. The number of carbonyl (C=O) groups excluding carboxylic acids is 2. The van der Waals surface area contributed by atoms with Gasteiger partial charge in [-0.2, -0.15) is 4.99 Å². The highest BCUT2D eigenvalue weighted by Crippen LogP contribution is 1.94. The third-order valence-electron chi connectivity index (χ3n) is 1.55. The smallest absolute Gasteiger partial charge is 0.262 e. The summed E-state index contributed by atoms with van der Waals surface area (Å²) in [6.45, 7) is 0.429. The molecule has 0 aromatic carbocycles. The molecule has 0 atom stereocenters. The van der Waals surface area contributed by atoms with Crippen LogP contribution in [0.1, 0.15) is 0 Å². The Bertz CT molecular complexity index is 261. The Hall–Kier alpha value is -1.43. The van der Waals surface area contributed by atoms with Gasteiger partial charge in [-0.3, -0.25) is 14.9 Å². The number of hydrogen-bond donors (Lipinski definition) is 2. The molecule has 0 aromatic heterocycles. The molecule has 1 rings (SSSR count). The van der Waals surface area contributed by atoms with Crippen molar-refractivity contribution in [3.05, 3.63) is 0 Å². The lowest BCUT2D eigenvalue weighted by Gasteiger charge is -2.07. The second-order valence-corrected chi connectivity index (χ2v) is 2.76. The summed E-state index contributed by atoms with van der Waals surface area (Å²) in [5, 5.41) is 5.16. The Balaban J connectivity index is 2.60. The molecule has 0 unspecified atom stereocenters. The minimum atomic E-state index is -0.299. The van der Waals surface area contributed by atoms with Crippen molar-refractivity contribution in [1.82, 2.24) is 15.5 Å². The maximum absolute atomic E-state index is 11.0. The van der Waals surface area contributed by atoms with E-state index < -0.39 is 0 Å². The summed E-state index contributed by atoms with van der Waals surface area (Å²) >= 11 is 0. The topological polar surface area (TPSA) is 73.8 Å². The molecule has 0 saturated carbocycles. The summed E-state index contributed by atoms with van der Waals surface area (Å²) in [5.41, 5.74) is 0. The van der Waals surface area contributed by atoms with E-state index in [1.54, 1.807) is 19.0 Å². The van der Waals surface area contributed by atoms with Crippen molar-refractivity contribution in [1.29, 1.82) is 0 Å². The van der Waals surface area contributed by atoms with Gasteiger partial charge in [0.25, 0.3) is 5.91 Å². The van der Waals surface area contributed by atoms with Gasteiger partial charge in [0.15, 0.2) is 0 Å². The van der Waals surface area contributed by atoms with Gasteiger partial charge in [-0.15, -0.1) is 0 Å². The summed E-state index contributed by atoms with van der Waals surface area (Å²) in [6, 6.07) is 0. The molecule has 0 aliphatic carbocycles. The van der Waals surface area contributed by atoms with Crippen LogP contribution in [0.3, 0.4) is 0 Å². The first-order chi connectivity index (χ1) is 6.13. The van der Waals surface area contributed by atoms with Crippen molar-refractivity contribution in [2.75, 3.05) is 27.2 Å². The van der Waals surface area contributed by atoms with E-state index in [1.807, 2.05) is 0 Å². The molecule has 13 heavy (non-hydrogen) atoms. The van der Waals surface area contributed by atoms with Gasteiger partial charge in [0, 0.05) is 7.05 Å². The molecule has 0 radical (unpaired) electrons. The second kappa shape index (κ2) is 3.99. The van der Waals surface area contributed by atoms with Gasteiger partial charge in [0.2, 0.25) is 11.9 Å². The predicted molar refractivity (Wildman–Crippen MR) is 47.1 cm³/mol. The molecule has 1 aliphatic rings. The highest BCUT2D eigenvalue weighted by Gasteiger charge is 2.21. The largest absolute Gasteiger partial charge is 0.336 e. The Kier molecular flexibility index (Phi) is 2.97. The molecular formula is C7H12N4O2. The molecular weight excluding hydrogens is 172 g/mol. The zero-order chi connectivity index (χ0) is 9.84. The van der Waals surface area contributed by atoms with E-state index in [0.29, 0.717) is 5.96 Å². The number of guanidine groups is 1. The van der Waals surface area contributed by atoms with E-state index in [9.17, 15) is 9.59 Å². The van der Waals surface area contributed by atoms with Crippen LogP contribution in [-0.4, -0.2) is 49.9 Å². The van der Waals surface area contributed by atoms with Crippen molar-refractivity contribution in [2.24, 2.45) is 4.99 Å². The molecule has 1 fully saturated rings. The highest BCUT2D eigenvalue weighted by atomic mass is 16.2. The number of nitrogens with one attached hydrogen (secondary N) is 2. The van der Waals surface area contributed by atoms with E-state index in [1.165, 1.54) is 0 Å². The van der Waals surface area contributed by atoms with Crippen LogP contribution in [-0.2, 0) is 9.59 Å². The average Bonchev–Trinajstić information content (AvgIpc) is 2.30.